The summed E-state index contributed by atoms with van der Waals surface area (Å²) in [6.07, 6.45) is 0. The molecule has 0 spiro atoms. The minimum absolute atomic E-state index is 0.198. The number of hydrogen-bond donors (Lipinski definition) is 2. The van der Waals surface area contributed by atoms with Crippen LogP contribution in [0.5, 0.6) is 0 Å². The number of carbonyl (C=O) groups excluding carboxylic acids is 1. The van der Waals surface area contributed by atoms with Crippen LogP contribution in [0, 0.1) is 0 Å². The maximum atomic E-state index is 9.98. The quantitative estimate of drug-likeness (QED) is 0.353. The van der Waals surface area contributed by atoms with E-state index in [9.17, 15) is 4.79 Å². The number of carbonyl (C=O) groups is 1. The highest BCUT2D eigenvalue weighted by Crippen LogP contribution is 1.91. The SMILES string of the molecule is CC(O)=[SH]CC(=O)Cl. The molecule has 0 saturated carbocycles. The highest BCUT2D eigenvalue weighted by atomic mass is 35.5. The van der Waals surface area contributed by atoms with E-state index < -0.39 is 5.24 Å². The lowest BCUT2D eigenvalue weighted by Crippen LogP contribution is -1.90. The van der Waals surface area contributed by atoms with Crippen molar-refractivity contribution in [2.24, 2.45) is 0 Å². The maximum Gasteiger partial charge on any atom is 0.230 e. The van der Waals surface area contributed by atoms with Gasteiger partial charge in [0.1, 0.15) is 0 Å². The minimum atomic E-state index is -0.417. The third-order valence-corrected chi connectivity index (χ3v) is 1.66. The van der Waals surface area contributed by atoms with Crippen molar-refractivity contribution in [1.82, 2.24) is 0 Å². The smallest absolute Gasteiger partial charge is 0.230 e. The fraction of sp³-hybridized carbons (Fsp3) is 0.500. The first-order valence-corrected chi connectivity index (χ1v) is 3.47. The molecular weight excluding hydrogens is 148 g/mol. The van der Waals surface area contributed by atoms with Crippen LogP contribution < -0.4 is 0 Å². The summed E-state index contributed by atoms with van der Waals surface area (Å²) < 4.78 is 0. The number of halogens is 1. The van der Waals surface area contributed by atoms with Crippen LogP contribution >= 0.6 is 23.0 Å². The number of aliphatic hydroxyl groups is 1. The van der Waals surface area contributed by atoms with Crippen molar-refractivity contribution in [3.05, 3.63) is 0 Å². The summed E-state index contributed by atoms with van der Waals surface area (Å²) in [6.45, 7) is 1.53. The van der Waals surface area contributed by atoms with Gasteiger partial charge in [-0.25, -0.2) is 0 Å². The van der Waals surface area contributed by atoms with Crippen molar-refractivity contribution in [3.63, 3.8) is 0 Å². The predicted molar refractivity (Wildman–Crippen MR) is 38.0 cm³/mol. The van der Waals surface area contributed by atoms with Gasteiger partial charge in [0.05, 0.1) is 10.8 Å². The Balaban J connectivity index is 3.45. The molecule has 0 bridgehead atoms. The van der Waals surface area contributed by atoms with Crippen LogP contribution in [0.4, 0.5) is 0 Å². The van der Waals surface area contributed by atoms with E-state index in [4.69, 9.17) is 16.7 Å². The Morgan fingerprint density at radius 1 is 1.88 bits per heavy atom. The molecule has 0 radical (unpaired) electrons. The molecule has 0 atom stereocenters. The number of hydrogen-bond acceptors (Lipinski definition) is 1. The minimum Gasteiger partial charge on any atom is -0.360 e. The monoisotopic (exact) mass is 154 g/mol. The van der Waals surface area contributed by atoms with Gasteiger partial charge in [-0.2, -0.15) is 11.4 Å². The summed E-state index contributed by atoms with van der Waals surface area (Å²) in [4.78, 5) is 9.98. The van der Waals surface area contributed by atoms with E-state index in [1.807, 2.05) is 0 Å². The van der Waals surface area contributed by atoms with Crippen LogP contribution in [0.25, 0.3) is 0 Å². The van der Waals surface area contributed by atoms with Crippen LogP contribution in [-0.4, -0.2) is 21.2 Å². The fourth-order valence-corrected chi connectivity index (χ4v) is 0.709. The van der Waals surface area contributed by atoms with E-state index in [1.165, 1.54) is 6.92 Å². The first-order valence-electron chi connectivity index (χ1n) is 2.01. The molecule has 0 aliphatic heterocycles. The van der Waals surface area contributed by atoms with Crippen molar-refractivity contribution >= 4 is 33.2 Å². The van der Waals surface area contributed by atoms with E-state index in [1.54, 1.807) is 0 Å². The molecule has 48 valence electrons. The fourth-order valence-electron chi connectivity index (χ4n) is 0.177. The van der Waals surface area contributed by atoms with Gasteiger partial charge in [-0.1, -0.05) is 0 Å². The van der Waals surface area contributed by atoms with Gasteiger partial charge in [0.15, 0.2) is 0 Å². The Kier molecular flexibility index (Phi) is 4.13. The average Bonchev–Trinajstić information content (AvgIpc) is 1.61. The summed E-state index contributed by atoms with van der Waals surface area (Å²) in [6, 6.07) is 0. The summed E-state index contributed by atoms with van der Waals surface area (Å²) in [5.41, 5.74) is 0. The van der Waals surface area contributed by atoms with Gasteiger partial charge in [-0.3, -0.25) is 4.79 Å². The Hall–Kier alpha value is 0.140. The van der Waals surface area contributed by atoms with Gasteiger partial charge in [0.2, 0.25) is 5.24 Å². The zero-order chi connectivity index (χ0) is 6.57. The molecule has 8 heavy (non-hydrogen) atoms. The molecule has 0 saturated heterocycles. The van der Waals surface area contributed by atoms with Crippen molar-refractivity contribution in [2.75, 3.05) is 5.75 Å². The standard InChI is InChI=1S/C4H7ClO2S/c1-3(6)8-2-4(5)7/h6,8H,2H2,1H3. The van der Waals surface area contributed by atoms with Crippen molar-refractivity contribution < 1.29 is 9.90 Å². The third kappa shape index (κ3) is 6.14. The Bertz CT molecular complexity index is 117. The van der Waals surface area contributed by atoms with E-state index in [0.717, 1.165) is 0 Å². The summed E-state index contributed by atoms with van der Waals surface area (Å²) in [5, 5.41) is 8.30. The first kappa shape index (κ1) is 8.14. The molecule has 0 rings (SSSR count). The summed E-state index contributed by atoms with van der Waals surface area (Å²) >= 11 is 5.55. The molecule has 0 aromatic heterocycles. The summed E-state index contributed by atoms with van der Waals surface area (Å²) in [5.74, 6) is 0.198. The lowest BCUT2D eigenvalue weighted by molar-refractivity contribution is -0.109. The predicted octanol–water partition coefficient (Wildman–Crippen LogP) is 0.925. The molecule has 0 aromatic carbocycles. The van der Waals surface area contributed by atoms with Crippen LogP contribution in [0.15, 0.2) is 0 Å². The molecule has 0 fully saturated rings. The van der Waals surface area contributed by atoms with Crippen molar-refractivity contribution in [1.29, 1.82) is 0 Å². The zero-order valence-corrected chi connectivity index (χ0v) is 6.04. The lowest BCUT2D eigenvalue weighted by Gasteiger charge is -1.84. The highest BCUT2D eigenvalue weighted by Gasteiger charge is 1.88. The number of thiol groups is 1. The molecule has 0 unspecified atom stereocenters. The molecule has 4 heteroatoms. The maximum absolute atomic E-state index is 9.98. The van der Waals surface area contributed by atoms with Gasteiger partial charge >= 0.3 is 0 Å². The Morgan fingerprint density at radius 2 is 2.38 bits per heavy atom. The van der Waals surface area contributed by atoms with Crippen LogP contribution in [0.1, 0.15) is 6.92 Å². The second-order valence-electron chi connectivity index (χ2n) is 1.22. The Morgan fingerprint density at radius 3 is 2.50 bits per heavy atom. The number of aliphatic hydroxyl groups excluding tert-OH is 1. The molecule has 0 aliphatic carbocycles. The molecule has 0 heterocycles. The molecule has 0 amide bonds. The molecule has 0 aliphatic rings. The topological polar surface area (TPSA) is 37.3 Å². The largest absolute Gasteiger partial charge is 0.360 e. The average molecular weight is 155 g/mol. The molecule has 0 aromatic rings. The van der Waals surface area contributed by atoms with E-state index in [-0.39, 0.29) is 10.8 Å². The van der Waals surface area contributed by atoms with E-state index in [0.29, 0.717) is 11.4 Å². The number of rotatable bonds is 2. The van der Waals surface area contributed by atoms with Gasteiger partial charge in [-0.05, 0) is 18.5 Å². The van der Waals surface area contributed by atoms with Crippen LogP contribution in [0.3, 0.4) is 0 Å². The zero-order valence-electron chi connectivity index (χ0n) is 4.39. The van der Waals surface area contributed by atoms with Gasteiger partial charge < -0.3 is 5.11 Å². The summed E-state index contributed by atoms with van der Waals surface area (Å²) in [7, 11) is 0. The second kappa shape index (κ2) is 4.06. The van der Waals surface area contributed by atoms with Crippen molar-refractivity contribution in [3.8, 4) is 0 Å². The van der Waals surface area contributed by atoms with Crippen molar-refractivity contribution in [2.45, 2.75) is 6.92 Å². The normalized spacial score (nSPS) is 12.6. The lowest BCUT2D eigenvalue weighted by atomic mass is 10.9. The molecule has 2 nitrogen and oxygen atoms in total. The first-order chi connectivity index (χ1) is 3.63. The molecule has 1 N–H and O–H groups in total. The Labute approximate surface area is 56.4 Å². The van der Waals surface area contributed by atoms with Crippen LogP contribution in [-0.2, 0) is 4.79 Å². The highest BCUT2D eigenvalue weighted by molar-refractivity contribution is 7.99. The van der Waals surface area contributed by atoms with E-state index >= 15 is 0 Å². The second-order valence-corrected chi connectivity index (χ2v) is 2.92. The van der Waals surface area contributed by atoms with Crippen LogP contribution in [0.2, 0.25) is 0 Å². The molecular formula is C4H7ClO2S. The van der Waals surface area contributed by atoms with E-state index in [2.05, 4.69) is 0 Å². The third-order valence-electron chi connectivity index (χ3n) is 0.432. The van der Waals surface area contributed by atoms with Gasteiger partial charge in [0, 0.05) is 0 Å². The van der Waals surface area contributed by atoms with Gasteiger partial charge in [0.25, 0.3) is 0 Å². The van der Waals surface area contributed by atoms with Gasteiger partial charge in [-0.15, -0.1) is 0 Å².